The third-order valence-electron chi connectivity index (χ3n) is 4.60. The van der Waals surface area contributed by atoms with Gasteiger partial charge in [0, 0.05) is 6.04 Å². The van der Waals surface area contributed by atoms with Gasteiger partial charge in [-0.1, -0.05) is 67.9 Å². The maximum absolute atomic E-state index is 3.90. The predicted octanol–water partition coefficient (Wildman–Crippen LogP) is 4.86. The van der Waals surface area contributed by atoms with E-state index in [1.165, 1.54) is 36.0 Å². The normalized spacial score (nSPS) is 22.0. The highest BCUT2D eigenvalue weighted by molar-refractivity contribution is 5.37. The molecule has 3 atom stereocenters. The van der Waals surface area contributed by atoms with Crippen LogP contribution in [0.2, 0.25) is 0 Å². The van der Waals surface area contributed by atoms with E-state index < -0.39 is 0 Å². The maximum atomic E-state index is 3.90. The Labute approximate surface area is 128 Å². The molecule has 0 saturated heterocycles. The summed E-state index contributed by atoms with van der Waals surface area (Å²) in [5.74, 6) is 0.880. The summed E-state index contributed by atoms with van der Waals surface area (Å²) in [4.78, 5) is 0. The molecule has 1 aliphatic rings. The van der Waals surface area contributed by atoms with Gasteiger partial charge in [0.1, 0.15) is 0 Å². The monoisotopic (exact) mass is 279 g/mol. The van der Waals surface area contributed by atoms with Crippen LogP contribution in [0.5, 0.6) is 0 Å². The fourth-order valence-electron chi connectivity index (χ4n) is 3.28. The van der Waals surface area contributed by atoms with Crippen molar-refractivity contribution in [2.75, 3.05) is 0 Å². The van der Waals surface area contributed by atoms with Crippen LogP contribution in [-0.2, 0) is 0 Å². The lowest BCUT2D eigenvalue weighted by molar-refractivity contribution is 0.549. The lowest BCUT2D eigenvalue weighted by Gasteiger charge is -2.22. The van der Waals surface area contributed by atoms with Crippen LogP contribution in [0.25, 0.3) is 0 Å². The van der Waals surface area contributed by atoms with Crippen LogP contribution in [0, 0.1) is 12.8 Å². The average Bonchev–Trinajstić information content (AvgIpc) is 3.25. The summed E-state index contributed by atoms with van der Waals surface area (Å²) in [6.07, 6.45) is 3.99. The van der Waals surface area contributed by atoms with Crippen molar-refractivity contribution in [1.29, 1.82) is 0 Å². The van der Waals surface area contributed by atoms with Crippen LogP contribution in [0.4, 0.5) is 0 Å². The summed E-state index contributed by atoms with van der Waals surface area (Å²) in [6, 6.07) is 20.6. The minimum Gasteiger partial charge on any atom is -0.303 e. The zero-order valence-electron chi connectivity index (χ0n) is 13.0. The summed E-state index contributed by atoms with van der Waals surface area (Å²) < 4.78 is 0. The lowest BCUT2D eigenvalue weighted by Crippen LogP contribution is -2.26. The standard InChI is InChI=1S/C20H25N/c1-3-9-17-14-19(17)21-20(16-11-5-4-6-12-16)18-13-8-7-10-15(18)2/h4-8,10-13,17,19-21H,3,9,14H2,1-2H3. The molecule has 1 nitrogen and oxygen atoms in total. The van der Waals surface area contributed by atoms with Crippen molar-refractivity contribution in [2.24, 2.45) is 5.92 Å². The number of aryl methyl sites for hydroxylation is 1. The number of hydrogen-bond donors (Lipinski definition) is 1. The number of hydrogen-bond acceptors (Lipinski definition) is 1. The van der Waals surface area contributed by atoms with Gasteiger partial charge in [-0.05, 0) is 42.4 Å². The van der Waals surface area contributed by atoms with E-state index in [1.807, 2.05) is 0 Å². The van der Waals surface area contributed by atoms with Crippen molar-refractivity contribution in [3.8, 4) is 0 Å². The molecular formula is C20H25N. The number of rotatable bonds is 6. The van der Waals surface area contributed by atoms with E-state index >= 15 is 0 Å². The zero-order valence-corrected chi connectivity index (χ0v) is 13.0. The molecule has 0 aliphatic heterocycles. The van der Waals surface area contributed by atoms with Crippen LogP contribution in [-0.4, -0.2) is 6.04 Å². The highest BCUT2D eigenvalue weighted by Crippen LogP contribution is 2.38. The Kier molecular flexibility index (Phi) is 4.40. The van der Waals surface area contributed by atoms with Gasteiger partial charge in [0.05, 0.1) is 6.04 Å². The molecule has 1 aliphatic carbocycles. The molecule has 0 bridgehead atoms. The molecule has 3 unspecified atom stereocenters. The Balaban J connectivity index is 1.84. The molecule has 1 N–H and O–H groups in total. The molecule has 0 radical (unpaired) electrons. The SMILES string of the molecule is CCCC1CC1NC(c1ccccc1)c1ccccc1C. The van der Waals surface area contributed by atoms with Gasteiger partial charge < -0.3 is 5.32 Å². The fraction of sp³-hybridized carbons (Fsp3) is 0.400. The quantitative estimate of drug-likeness (QED) is 0.796. The Morgan fingerprint density at radius 2 is 1.76 bits per heavy atom. The van der Waals surface area contributed by atoms with Gasteiger partial charge in [0.2, 0.25) is 0 Å². The van der Waals surface area contributed by atoms with E-state index in [-0.39, 0.29) is 0 Å². The molecule has 2 aromatic carbocycles. The molecule has 0 spiro atoms. The van der Waals surface area contributed by atoms with Crippen molar-refractivity contribution in [3.63, 3.8) is 0 Å². The summed E-state index contributed by atoms with van der Waals surface area (Å²) in [5, 5.41) is 3.90. The van der Waals surface area contributed by atoms with E-state index in [0.29, 0.717) is 12.1 Å². The molecule has 1 saturated carbocycles. The highest BCUT2D eigenvalue weighted by atomic mass is 15.0. The third kappa shape index (κ3) is 3.36. The topological polar surface area (TPSA) is 12.0 Å². The summed E-state index contributed by atoms with van der Waals surface area (Å²) in [5.41, 5.74) is 4.14. The Morgan fingerprint density at radius 3 is 2.48 bits per heavy atom. The molecule has 0 aromatic heterocycles. The molecule has 110 valence electrons. The van der Waals surface area contributed by atoms with E-state index in [1.54, 1.807) is 0 Å². The van der Waals surface area contributed by atoms with Gasteiger partial charge in [-0.15, -0.1) is 0 Å². The van der Waals surface area contributed by atoms with Crippen molar-refractivity contribution in [3.05, 3.63) is 71.3 Å². The van der Waals surface area contributed by atoms with Crippen LogP contribution < -0.4 is 5.32 Å². The molecule has 1 fully saturated rings. The first kappa shape index (κ1) is 14.3. The summed E-state index contributed by atoms with van der Waals surface area (Å²) in [6.45, 7) is 4.49. The first-order chi connectivity index (χ1) is 10.3. The second-order valence-corrected chi connectivity index (χ2v) is 6.26. The molecule has 21 heavy (non-hydrogen) atoms. The number of benzene rings is 2. The van der Waals surface area contributed by atoms with Crippen molar-refractivity contribution >= 4 is 0 Å². The molecule has 0 amide bonds. The second-order valence-electron chi connectivity index (χ2n) is 6.26. The summed E-state index contributed by atoms with van der Waals surface area (Å²) in [7, 11) is 0. The van der Waals surface area contributed by atoms with E-state index in [4.69, 9.17) is 0 Å². The largest absolute Gasteiger partial charge is 0.303 e. The van der Waals surface area contributed by atoms with Crippen LogP contribution >= 0.6 is 0 Å². The van der Waals surface area contributed by atoms with Crippen LogP contribution in [0.1, 0.15) is 48.9 Å². The molecule has 2 aromatic rings. The fourth-order valence-corrected chi connectivity index (χ4v) is 3.28. The Bertz CT molecular complexity index is 575. The van der Waals surface area contributed by atoms with Crippen molar-refractivity contribution in [2.45, 2.75) is 45.2 Å². The third-order valence-corrected chi connectivity index (χ3v) is 4.60. The lowest BCUT2D eigenvalue weighted by atomic mass is 9.95. The van der Waals surface area contributed by atoms with E-state index in [9.17, 15) is 0 Å². The van der Waals surface area contributed by atoms with Crippen molar-refractivity contribution < 1.29 is 0 Å². The predicted molar refractivity (Wildman–Crippen MR) is 89.4 cm³/mol. The molecule has 0 heterocycles. The number of nitrogens with one attached hydrogen (secondary N) is 1. The molecule has 1 heteroatoms. The van der Waals surface area contributed by atoms with Crippen molar-refractivity contribution in [1.82, 2.24) is 5.32 Å². The molecule has 3 rings (SSSR count). The van der Waals surface area contributed by atoms with Crippen LogP contribution in [0.15, 0.2) is 54.6 Å². The second kappa shape index (κ2) is 6.44. The molecular weight excluding hydrogens is 254 g/mol. The maximum Gasteiger partial charge on any atom is 0.0581 e. The van der Waals surface area contributed by atoms with Gasteiger partial charge in [0.15, 0.2) is 0 Å². The van der Waals surface area contributed by atoms with Gasteiger partial charge >= 0.3 is 0 Å². The summed E-state index contributed by atoms with van der Waals surface area (Å²) >= 11 is 0. The first-order valence-electron chi connectivity index (χ1n) is 8.16. The van der Waals surface area contributed by atoms with E-state index in [2.05, 4.69) is 73.8 Å². The minimum atomic E-state index is 0.319. The van der Waals surface area contributed by atoms with E-state index in [0.717, 1.165) is 5.92 Å². The van der Waals surface area contributed by atoms with Gasteiger partial charge in [-0.25, -0.2) is 0 Å². The van der Waals surface area contributed by atoms with Gasteiger partial charge in [0.25, 0.3) is 0 Å². The Morgan fingerprint density at radius 1 is 1.05 bits per heavy atom. The van der Waals surface area contributed by atoms with Gasteiger partial charge in [-0.2, -0.15) is 0 Å². The first-order valence-corrected chi connectivity index (χ1v) is 8.16. The average molecular weight is 279 g/mol. The van der Waals surface area contributed by atoms with Crippen LogP contribution in [0.3, 0.4) is 0 Å². The highest BCUT2D eigenvalue weighted by Gasteiger charge is 2.37. The zero-order chi connectivity index (χ0) is 14.7. The Hall–Kier alpha value is -1.60. The smallest absolute Gasteiger partial charge is 0.0581 e. The minimum absolute atomic E-state index is 0.319. The van der Waals surface area contributed by atoms with Gasteiger partial charge in [-0.3, -0.25) is 0 Å².